The lowest BCUT2D eigenvalue weighted by molar-refractivity contribution is 1.20. The molecule has 4 nitrogen and oxygen atoms in total. The van der Waals surface area contributed by atoms with Crippen molar-refractivity contribution >= 4 is 22.7 Å². The minimum Gasteiger partial charge on any atom is -0.383 e. The lowest BCUT2D eigenvalue weighted by Crippen LogP contribution is -2.00. The Hall–Kier alpha value is -1.84. The molecule has 1 aromatic carbocycles. The van der Waals surface area contributed by atoms with Crippen molar-refractivity contribution in [1.82, 2.24) is 9.97 Å². The minimum atomic E-state index is 0.509. The third-order valence-electron chi connectivity index (χ3n) is 1.86. The number of nitrogen functional groups attached to an aromatic ring is 1. The highest BCUT2D eigenvalue weighted by Crippen LogP contribution is 2.18. The quantitative estimate of drug-likeness (QED) is 0.683. The highest BCUT2D eigenvalue weighted by Gasteiger charge is 2.01. The molecule has 2 aromatic rings. The van der Waals surface area contributed by atoms with E-state index >= 15 is 0 Å². The lowest BCUT2D eigenvalue weighted by Gasteiger charge is -2.03. The summed E-state index contributed by atoms with van der Waals surface area (Å²) in [5.41, 5.74) is 6.60. The Morgan fingerprint density at radius 3 is 2.77 bits per heavy atom. The third kappa shape index (κ3) is 1.26. The summed E-state index contributed by atoms with van der Waals surface area (Å²) in [6.45, 7) is 0. The molecular weight excluding hydrogens is 164 g/mol. The first kappa shape index (κ1) is 7.79. The van der Waals surface area contributed by atoms with Crippen LogP contribution in [0, 0.1) is 0 Å². The Morgan fingerprint density at radius 2 is 2.00 bits per heavy atom. The summed E-state index contributed by atoms with van der Waals surface area (Å²) in [5, 5.41) is 3.75. The van der Waals surface area contributed by atoms with Gasteiger partial charge in [0.25, 0.3) is 0 Å². The highest BCUT2D eigenvalue weighted by atomic mass is 15.1. The van der Waals surface area contributed by atoms with Crippen molar-refractivity contribution in [3.05, 3.63) is 24.3 Å². The van der Waals surface area contributed by atoms with E-state index in [4.69, 9.17) is 5.73 Å². The van der Waals surface area contributed by atoms with Gasteiger partial charge >= 0.3 is 0 Å². The molecule has 1 aromatic heterocycles. The highest BCUT2D eigenvalue weighted by molar-refractivity contribution is 5.88. The van der Waals surface area contributed by atoms with Crippen LogP contribution in [0.2, 0.25) is 0 Å². The van der Waals surface area contributed by atoms with E-state index in [1.807, 2.05) is 24.3 Å². The molecule has 0 fully saturated rings. The molecule has 13 heavy (non-hydrogen) atoms. The second-order valence-electron chi connectivity index (χ2n) is 2.70. The first-order chi connectivity index (χ1) is 6.31. The molecule has 4 heteroatoms. The van der Waals surface area contributed by atoms with Gasteiger partial charge < -0.3 is 11.1 Å². The fourth-order valence-corrected chi connectivity index (χ4v) is 1.21. The van der Waals surface area contributed by atoms with Crippen molar-refractivity contribution in [2.24, 2.45) is 0 Å². The van der Waals surface area contributed by atoms with E-state index in [2.05, 4.69) is 15.3 Å². The van der Waals surface area contributed by atoms with Gasteiger partial charge in [-0.15, -0.1) is 0 Å². The number of fused-ring (bicyclic) bond motifs is 1. The summed E-state index contributed by atoms with van der Waals surface area (Å²) in [4.78, 5) is 8.33. The van der Waals surface area contributed by atoms with Crippen LogP contribution in [0.15, 0.2) is 24.3 Å². The molecule has 0 bridgehead atoms. The number of rotatable bonds is 1. The van der Waals surface area contributed by atoms with Gasteiger partial charge in [0.15, 0.2) is 0 Å². The molecule has 0 saturated heterocycles. The number of nitrogens with zero attached hydrogens (tertiary/aromatic N) is 2. The fourth-order valence-electron chi connectivity index (χ4n) is 1.21. The largest absolute Gasteiger partial charge is 0.383 e. The van der Waals surface area contributed by atoms with Gasteiger partial charge in [-0.3, -0.25) is 0 Å². The van der Waals surface area contributed by atoms with Crippen LogP contribution >= 0.6 is 0 Å². The van der Waals surface area contributed by atoms with Crippen LogP contribution in [-0.4, -0.2) is 17.0 Å². The van der Waals surface area contributed by atoms with E-state index < -0.39 is 0 Å². The number of benzene rings is 1. The molecule has 0 spiro atoms. The lowest BCUT2D eigenvalue weighted by atomic mass is 10.2. The van der Waals surface area contributed by atoms with Gasteiger partial charge in [-0.05, 0) is 12.1 Å². The number of nitrogens with two attached hydrogens (primary N) is 1. The summed E-state index contributed by atoms with van der Waals surface area (Å²) < 4.78 is 0. The molecule has 3 N–H and O–H groups in total. The molecule has 66 valence electrons. The van der Waals surface area contributed by atoms with Crippen molar-refractivity contribution < 1.29 is 0 Å². The first-order valence-electron chi connectivity index (χ1n) is 4.01. The maximum atomic E-state index is 5.74. The Morgan fingerprint density at radius 1 is 1.23 bits per heavy atom. The smallest absolute Gasteiger partial charge is 0.224 e. The topological polar surface area (TPSA) is 63.8 Å². The number of nitrogens with one attached hydrogen (secondary N) is 1. The van der Waals surface area contributed by atoms with Crippen molar-refractivity contribution in [2.75, 3.05) is 18.1 Å². The molecule has 1 heterocycles. The van der Waals surface area contributed by atoms with Gasteiger partial charge in [0, 0.05) is 12.4 Å². The van der Waals surface area contributed by atoms with E-state index in [9.17, 15) is 0 Å². The van der Waals surface area contributed by atoms with E-state index in [1.54, 1.807) is 7.05 Å². The molecule has 0 saturated carbocycles. The Balaban J connectivity index is 2.77. The number of aromatic nitrogens is 2. The predicted octanol–water partition coefficient (Wildman–Crippen LogP) is 1.25. The van der Waals surface area contributed by atoms with E-state index in [1.165, 1.54) is 0 Å². The standard InChI is InChI=1S/C9H10N4/c1-11-9-12-7-5-3-2-4-6(7)8(10)13-9/h2-5H,1H3,(H3,10,11,12,13). The van der Waals surface area contributed by atoms with Crippen molar-refractivity contribution in [3.63, 3.8) is 0 Å². The molecule has 0 aliphatic carbocycles. The zero-order valence-electron chi connectivity index (χ0n) is 7.28. The van der Waals surface area contributed by atoms with Gasteiger partial charge in [0.1, 0.15) is 5.82 Å². The Bertz CT molecular complexity index is 439. The summed E-state index contributed by atoms with van der Waals surface area (Å²) in [5.74, 6) is 1.06. The summed E-state index contributed by atoms with van der Waals surface area (Å²) in [6.07, 6.45) is 0. The monoisotopic (exact) mass is 174 g/mol. The Labute approximate surface area is 75.8 Å². The molecule has 0 aliphatic rings. The van der Waals surface area contributed by atoms with Crippen molar-refractivity contribution in [2.45, 2.75) is 0 Å². The number of hydrogen-bond acceptors (Lipinski definition) is 4. The van der Waals surface area contributed by atoms with Crippen LogP contribution in [0.4, 0.5) is 11.8 Å². The van der Waals surface area contributed by atoms with E-state index in [-0.39, 0.29) is 0 Å². The van der Waals surface area contributed by atoms with Crippen LogP contribution < -0.4 is 11.1 Å². The number of para-hydroxylation sites is 1. The van der Waals surface area contributed by atoms with Crippen LogP contribution in [-0.2, 0) is 0 Å². The molecule has 0 aliphatic heterocycles. The van der Waals surface area contributed by atoms with Crippen molar-refractivity contribution in [1.29, 1.82) is 0 Å². The van der Waals surface area contributed by atoms with Crippen LogP contribution in [0.1, 0.15) is 0 Å². The summed E-state index contributed by atoms with van der Waals surface area (Å²) in [7, 11) is 1.77. The molecular formula is C9H10N4. The SMILES string of the molecule is CNc1nc(N)c2ccccc2n1. The Kier molecular flexibility index (Phi) is 1.73. The molecule has 2 rings (SSSR count). The molecule has 0 unspecified atom stereocenters. The van der Waals surface area contributed by atoms with Gasteiger partial charge in [-0.2, -0.15) is 4.98 Å². The average molecular weight is 174 g/mol. The third-order valence-corrected chi connectivity index (χ3v) is 1.86. The molecule has 0 radical (unpaired) electrons. The molecule has 0 atom stereocenters. The average Bonchev–Trinajstić information content (AvgIpc) is 2.18. The maximum absolute atomic E-state index is 5.74. The van der Waals surface area contributed by atoms with Crippen LogP contribution in [0.5, 0.6) is 0 Å². The maximum Gasteiger partial charge on any atom is 0.224 e. The van der Waals surface area contributed by atoms with Gasteiger partial charge in [0.05, 0.1) is 5.52 Å². The summed E-state index contributed by atoms with van der Waals surface area (Å²) >= 11 is 0. The minimum absolute atomic E-state index is 0.509. The second-order valence-corrected chi connectivity index (χ2v) is 2.70. The zero-order valence-corrected chi connectivity index (χ0v) is 7.28. The predicted molar refractivity (Wildman–Crippen MR) is 53.5 cm³/mol. The van der Waals surface area contributed by atoms with Crippen LogP contribution in [0.25, 0.3) is 10.9 Å². The van der Waals surface area contributed by atoms with Gasteiger partial charge in [-0.25, -0.2) is 4.98 Å². The van der Waals surface area contributed by atoms with Crippen LogP contribution in [0.3, 0.4) is 0 Å². The van der Waals surface area contributed by atoms with E-state index in [0.29, 0.717) is 11.8 Å². The normalized spacial score (nSPS) is 10.2. The van der Waals surface area contributed by atoms with Crippen molar-refractivity contribution in [3.8, 4) is 0 Å². The first-order valence-corrected chi connectivity index (χ1v) is 4.01. The zero-order chi connectivity index (χ0) is 9.26. The van der Waals surface area contributed by atoms with Gasteiger partial charge in [0.2, 0.25) is 5.95 Å². The number of anilines is 2. The van der Waals surface area contributed by atoms with E-state index in [0.717, 1.165) is 10.9 Å². The number of hydrogen-bond donors (Lipinski definition) is 2. The summed E-state index contributed by atoms with van der Waals surface area (Å²) in [6, 6.07) is 7.66. The molecule has 0 amide bonds. The van der Waals surface area contributed by atoms with Gasteiger partial charge in [-0.1, -0.05) is 12.1 Å². The fraction of sp³-hybridized carbons (Fsp3) is 0.111. The second kappa shape index (κ2) is 2.90.